The van der Waals surface area contributed by atoms with Crippen molar-refractivity contribution in [3.63, 3.8) is 0 Å². The predicted molar refractivity (Wildman–Crippen MR) is 58.8 cm³/mol. The summed E-state index contributed by atoms with van der Waals surface area (Å²) >= 11 is 0. The number of pyridine rings is 1. The fraction of sp³-hybridized carbons (Fsp3) is 0.111. The number of halogens is 3. The third kappa shape index (κ3) is 7.31. The van der Waals surface area contributed by atoms with Crippen LogP contribution in [0.5, 0.6) is 0 Å². The van der Waals surface area contributed by atoms with Crippen molar-refractivity contribution in [3.05, 3.63) is 23.9 Å². The first-order chi connectivity index (χ1) is 8.66. The van der Waals surface area contributed by atoms with Gasteiger partial charge in [-0.1, -0.05) is 0 Å². The summed E-state index contributed by atoms with van der Waals surface area (Å²) in [5, 5.41) is 7.12. The molecule has 0 saturated carbocycles. The monoisotopic (exact) mass is 278 g/mol. The van der Waals surface area contributed by atoms with Crippen LogP contribution in [0.1, 0.15) is 10.4 Å². The first-order valence-electron chi connectivity index (χ1n) is 4.47. The molecule has 0 aliphatic rings. The molecule has 0 radical (unpaired) electrons. The van der Waals surface area contributed by atoms with E-state index in [1.54, 1.807) is 12.1 Å². The Morgan fingerprint density at radius 2 is 1.89 bits per heavy atom. The van der Waals surface area contributed by atoms with Crippen LogP contribution in [0.4, 0.5) is 19.0 Å². The molecule has 0 amide bonds. The lowest BCUT2D eigenvalue weighted by Crippen LogP contribution is -2.22. The van der Waals surface area contributed by atoms with Gasteiger partial charge in [-0.2, -0.15) is 18.2 Å². The quantitative estimate of drug-likeness (QED) is 0.408. The van der Waals surface area contributed by atoms with Crippen LogP contribution in [0, 0.1) is 0 Å². The van der Waals surface area contributed by atoms with Crippen LogP contribution in [-0.2, 0) is 4.79 Å². The number of carbonyl (C=O) groups is 2. The predicted octanol–water partition coefficient (Wildman–Crippen LogP) is 0.432. The van der Waals surface area contributed by atoms with Crippen molar-refractivity contribution >= 4 is 24.0 Å². The van der Waals surface area contributed by atoms with Gasteiger partial charge in [-0.15, -0.1) is 0 Å². The van der Waals surface area contributed by atoms with Gasteiger partial charge in [0.25, 0.3) is 0 Å². The van der Waals surface area contributed by atoms with Crippen LogP contribution >= 0.6 is 0 Å². The van der Waals surface area contributed by atoms with Crippen LogP contribution < -0.4 is 11.5 Å². The molecule has 0 bridgehead atoms. The van der Waals surface area contributed by atoms with Crippen LogP contribution in [0.3, 0.4) is 0 Å². The van der Waals surface area contributed by atoms with E-state index in [4.69, 9.17) is 21.4 Å². The number of aliphatic imine (C=N–C) groups is 1. The molecule has 7 nitrogen and oxygen atoms in total. The second-order valence-corrected chi connectivity index (χ2v) is 2.91. The van der Waals surface area contributed by atoms with Crippen molar-refractivity contribution in [2.45, 2.75) is 6.18 Å². The van der Waals surface area contributed by atoms with Crippen LogP contribution in [0.25, 0.3) is 0 Å². The minimum Gasteiger partial charge on any atom is -0.475 e. The summed E-state index contributed by atoms with van der Waals surface area (Å²) in [4.78, 5) is 26.6. The number of alkyl halides is 3. The Balaban J connectivity index is 0.000000399. The summed E-state index contributed by atoms with van der Waals surface area (Å²) < 4.78 is 31.7. The van der Waals surface area contributed by atoms with Crippen molar-refractivity contribution in [2.24, 2.45) is 16.5 Å². The molecule has 0 atom stereocenters. The number of hydrogen-bond donors (Lipinski definition) is 3. The van der Waals surface area contributed by atoms with E-state index in [9.17, 15) is 18.0 Å². The van der Waals surface area contributed by atoms with Gasteiger partial charge in [0.15, 0.2) is 18.1 Å². The maximum atomic E-state index is 10.6. The topological polar surface area (TPSA) is 132 Å². The lowest BCUT2D eigenvalue weighted by molar-refractivity contribution is -0.192. The molecule has 0 saturated heterocycles. The number of aromatic nitrogens is 1. The first-order valence-corrected chi connectivity index (χ1v) is 4.47. The number of carboxylic acid groups (broad SMARTS) is 1. The molecule has 19 heavy (non-hydrogen) atoms. The summed E-state index contributed by atoms with van der Waals surface area (Å²) in [6.45, 7) is 0. The van der Waals surface area contributed by atoms with Gasteiger partial charge in [0, 0.05) is 11.8 Å². The smallest absolute Gasteiger partial charge is 0.475 e. The highest BCUT2D eigenvalue weighted by Crippen LogP contribution is 2.13. The molecule has 1 heterocycles. The number of aliphatic carboxylic acids is 1. The van der Waals surface area contributed by atoms with E-state index in [1.165, 1.54) is 6.20 Å². The van der Waals surface area contributed by atoms with Gasteiger partial charge in [0.05, 0.1) is 0 Å². The number of aldehydes is 1. The summed E-state index contributed by atoms with van der Waals surface area (Å²) in [6.07, 6.45) is -2.99. The number of hydrogen-bond acceptors (Lipinski definition) is 4. The molecule has 0 aliphatic heterocycles. The van der Waals surface area contributed by atoms with Crippen molar-refractivity contribution in [1.29, 1.82) is 0 Å². The molecule has 1 aromatic heterocycles. The highest BCUT2D eigenvalue weighted by atomic mass is 19.4. The maximum Gasteiger partial charge on any atom is 0.490 e. The number of carbonyl (C=O) groups excluding carboxylic acids is 1. The second-order valence-electron chi connectivity index (χ2n) is 2.91. The molecular formula is C9H9F3N4O3. The molecule has 1 rings (SSSR count). The van der Waals surface area contributed by atoms with E-state index in [-0.39, 0.29) is 5.96 Å². The lowest BCUT2D eigenvalue weighted by atomic mass is 10.3. The number of rotatable bonds is 2. The number of carboxylic acids is 1. The standard InChI is InChI=1S/C7H8N4O.C2HF3O2/c8-7(9)11-6-2-1-5(4-12)3-10-6;3-2(4,5)1(6)7/h1-4H,(H4,8,9,10,11);(H,6,7). The second kappa shape index (κ2) is 6.93. The molecule has 0 fully saturated rings. The summed E-state index contributed by atoms with van der Waals surface area (Å²) in [7, 11) is 0. The Morgan fingerprint density at radius 1 is 1.37 bits per heavy atom. The number of guanidine groups is 1. The number of nitrogens with zero attached hydrogens (tertiary/aromatic N) is 2. The van der Waals surface area contributed by atoms with Crippen molar-refractivity contribution < 1.29 is 27.9 Å². The highest BCUT2D eigenvalue weighted by molar-refractivity contribution is 5.79. The molecule has 5 N–H and O–H groups in total. The minimum atomic E-state index is -5.08. The Morgan fingerprint density at radius 3 is 2.16 bits per heavy atom. The van der Waals surface area contributed by atoms with E-state index in [0.29, 0.717) is 17.7 Å². The molecule has 1 aromatic rings. The van der Waals surface area contributed by atoms with E-state index < -0.39 is 12.1 Å². The van der Waals surface area contributed by atoms with Crippen LogP contribution in [-0.4, -0.2) is 34.5 Å². The average Bonchev–Trinajstić information content (AvgIpc) is 2.28. The third-order valence-corrected chi connectivity index (χ3v) is 1.39. The largest absolute Gasteiger partial charge is 0.490 e. The van der Waals surface area contributed by atoms with Gasteiger partial charge < -0.3 is 16.6 Å². The van der Waals surface area contributed by atoms with Crippen molar-refractivity contribution in [2.75, 3.05) is 0 Å². The van der Waals surface area contributed by atoms with E-state index >= 15 is 0 Å². The Bertz CT molecular complexity index is 467. The Kier molecular flexibility index (Phi) is 5.97. The molecule has 104 valence electrons. The minimum absolute atomic E-state index is 0.0543. The average molecular weight is 278 g/mol. The lowest BCUT2D eigenvalue weighted by Gasteiger charge is -1.93. The normalized spacial score (nSPS) is 9.84. The summed E-state index contributed by atoms with van der Waals surface area (Å²) in [5.74, 6) is -2.42. The van der Waals surface area contributed by atoms with Gasteiger partial charge in [0.2, 0.25) is 0 Å². The van der Waals surface area contributed by atoms with Gasteiger partial charge in [-0.25, -0.2) is 9.78 Å². The molecule has 0 unspecified atom stereocenters. The Labute approximate surface area is 104 Å². The number of nitrogens with two attached hydrogens (primary N) is 2. The first kappa shape index (κ1) is 16.4. The summed E-state index contributed by atoms with van der Waals surface area (Å²) in [5.41, 5.74) is 10.7. The van der Waals surface area contributed by atoms with Gasteiger partial charge in [-0.3, -0.25) is 4.79 Å². The molecule has 0 aromatic carbocycles. The Hall–Kier alpha value is -2.65. The molecule has 0 spiro atoms. The fourth-order valence-electron chi connectivity index (χ4n) is 0.666. The molecular weight excluding hydrogens is 269 g/mol. The van der Waals surface area contributed by atoms with E-state index in [0.717, 1.165) is 0 Å². The van der Waals surface area contributed by atoms with Gasteiger partial charge >= 0.3 is 12.1 Å². The molecule has 0 aliphatic carbocycles. The van der Waals surface area contributed by atoms with Crippen molar-refractivity contribution in [3.8, 4) is 0 Å². The fourth-order valence-corrected chi connectivity index (χ4v) is 0.666. The highest BCUT2D eigenvalue weighted by Gasteiger charge is 2.38. The SMILES string of the molecule is NC(N)=Nc1ccc(C=O)cn1.O=C(O)C(F)(F)F. The third-order valence-electron chi connectivity index (χ3n) is 1.39. The zero-order valence-electron chi connectivity index (χ0n) is 9.26. The van der Waals surface area contributed by atoms with Crippen molar-refractivity contribution in [1.82, 2.24) is 4.98 Å². The zero-order valence-corrected chi connectivity index (χ0v) is 9.26. The van der Waals surface area contributed by atoms with E-state index in [1.807, 2.05) is 0 Å². The van der Waals surface area contributed by atoms with Crippen LogP contribution in [0.2, 0.25) is 0 Å². The maximum absolute atomic E-state index is 10.6. The molecule has 10 heteroatoms. The van der Waals surface area contributed by atoms with Gasteiger partial charge in [0.1, 0.15) is 0 Å². The van der Waals surface area contributed by atoms with Crippen LogP contribution in [0.15, 0.2) is 23.3 Å². The van der Waals surface area contributed by atoms with E-state index in [2.05, 4.69) is 9.98 Å². The zero-order chi connectivity index (χ0) is 15.1. The van der Waals surface area contributed by atoms with Gasteiger partial charge in [-0.05, 0) is 12.1 Å². The summed E-state index contributed by atoms with van der Waals surface area (Å²) in [6, 6.07) is 3.14.